The van der Waals surface area contributed by atoms with Crippen LogP contribution in [0.5, 0.6) is 0 Å². The van der Waals surface area contributed by atoms with Gasteiger partial charge in [-0.3, -0.25) is 9.20 Å². The van der Waals surface area contributed by atoms with Crippen molar-refractivity contribution >= 4 is 11.6 Å². The number of nitrogens with two attached hydrogens (primary N) is 1. The maximum absolute atomic E-state index is 11.4. The van der Waals surface area contributed by atoms with E-state index in [2.05, 4.69) is 16.0 Å². The van der Waals surface area contributed by atoms with Crippen LogP contribution in [0, 0.1) is 25.2 Å². The summed E-state index contributed by atoms with van der Waals surface area (Å²) in [5.41, 5.74) is 7.38. The largest absolute Gasteiger partial charge is 0.458 e. The van der Waals surface area contributed by atoms with Crippen LogP contribution in [0.4, 0.5) is 0 Å². The average molecular weight is 281 g/mol. The third-order valence-corrected chi connectivity index (χ3v) is 3.14. The highest BCUT2D eigenvalue weighted by molar-refractivity contribution is 5.97. The Hall–Kier alpha value is -3.14. The summed E-state index contributed by atoms with van der Waals surface area (Å²) >= 11 is 0. The van der Waals surface area contributed by atoms with E-state index in [0.29, 0.717) is 28.4 Å². The van der Waals surface area contributed by atoms with Gasteiger partial charge in [0.25, 0.3) is 5.91 Å². The van der Waals surface area contributed by atoms with E-state index in [9.17, 15) is 4.79 Å². The van der Waals surface area contributed by atoms with Crippen molar-refractivity contribution < 1.29 is 9.21 Å². The van der Waals surface area contributed by atoms with Gasteiger partial charge in [0.1, 0.15) is 29.4 Å². The number of carbonyl (C=O) groups is 1. The highest BCUT2D eigenvalue weighted by atomic mass is 16.3. The number of hydrogen-bond donors (Lipinski definition) is 1. The van der Waals surface area contributed by atoms with Crippen LogP contribution in [0.15, 0.2) is 22.9 Å². The summed E-state index contributed by atoms with van der Waals surface area (Å²) in [5.74, 6) is 0.333. The first kappa shape index (κ1) is 12.9. The standard InChI is InChI=1S/C14H11N5O2/c1-7-3-10(12-9(5-15)4-8(2)21-12)18-14-11(13(16)20)17-6-19(7)14/h3-4,6H,1-2H3,(H2,16,20). The second-order valence-electron chi connectivity index (χ2n) is 4.65. The smallest absolute Gasteiger partial charge is 0.271 e. The topological polar surface area (TPSA) is 110 Å². The number of nitriles is 1. The molecule has 0 radical (unpaired) electrons. The second kappa shape index (κ2) is 4.45. The van der Waals surface area contributed by atoms with Gasteiger partial charge in [0.2, 0.25) is 0 Å². The minimum atomic E-state index is -0.655. The Morgan fingerprint density at radius 2 is 2.19 bits per heavy atom. The van der Waals surface area contributed by atoms with Crippen LogP contribution in [0.25, 0.3) is 17.1 Å². The summed E-state index contributed by atoms with van der Waals surface area (Å²) in [7, 11) is 0. The van der Waals surface area contributed by atoms with Gasteiger partial charge in [0.15, 0.2) is 17.1 Å². The lowest BCUT2D eigenvalue weighted by molar-refractivity contribution is 0.0997. The molecule has 7 nitrogen and oxygen atoms in total. The van der Waals surface area contributed by atoms with Gasteiger partial charge < -0.3 is 10.2 Å². The Kier molecular flexibility index (Phi) is 2.73. The van der Waals surface area contributed by atoms with E-state index in [0.717, 1.165) is 5.69 Å². The zero-order valence-electron chi connectivity index (χ0n) is 11.4. The first-order chi connectivity index (χ1) is 10.0. The van der Waals surface area contributed by atoms with Gasteiger partial charge in [0, 0.05) is 5.69 Å². The average Bonchev–Trinajstić information content (AvgIpc) is 3.01. The lowest BCUT2D eigenvalue weighted by Crippen LogP contribution is -2.12. The fourth-order valence-corrected chi connectivity index (χ4v) is 2.20. The van der Waals surface area contributed by atoms with E-state index in [1.807, 2.05) is 6.92 Å². The molecule has 0 unspecified atom stereocenters. The van der Waals surface area contributed by atoms with Gasteiger partial charge in [-0.1, -0.05) is 0 Å². The van der Waals surface area contributed by atoms with Crippen molar-refractivity contribution in [1.82, 2.24) is 14.4 Å². The fraction of sp³-hybridized carbons (Fsp3) is 0.143. The van der Waals surface area contributed by atoms with Crippen molar-refractivity contribution in [3.63, 3.8) is 0 Å². The van der Waals surface area contributed by atoms with Crippen molar-refractivity contribution in [2.45, 2.75) is 13.8 Å². The van der Waals surface area contributed by atoms with Crippen LogP contribution < -0.4 is 5.73 Å². The number of fused-ring (bicyclic) bond motifs is 1. The lowest BCUT2D eigenvalue weighted by Gasteiger charge is -2.04. The first-order valence-corrected chi connectivity index (χ1v) is 6.16. The summed E-state index contributed by atoms with van der Waals surface area (Å²) in [6.45, 7) is 3.59. The number of nitrogens with zero attached hydrogens (tertiary/aromatic N) is 4. The van der Waals surface area contributed by atoms with Crippen molar-refractivity contribution in [3.8, 4) is 17.5 Å². The molecule has 2 N–H and O–H groups in total. The molecule has 1 amide bonds. The van der Waals surface area contributed by atoms with Crippen molar-refractivity contribution in [3.05, 3.63) is 41.2 Å². The van der Waals surface area contributed by atoms with Crippen molar-refractivity contribution in [2.24, 2.45) is 5.73 Å². The molecule has 104 valence electrons. The lowest BCUT2D eigenvalue weighted by atomic mass is 10.2. The Balaban J connectivity index is 2.31. The molecular formula is C14H11N5O2. The van der Waals surface area contributed by atoms with Gasteiger partial charge in [-0.05, 0) is 26.0 Å². The van der Waals surface area contributed by atoms with E-state index in [1.165, 1.54) is 6.33 Å². The number of carbonyl (C=O) groups excluding carboxylic acids is 1. The maximum atomic E-state index is 11.4. The number of aryl methyl sites for hydroxylation is 2. The number of furan rings is 1. The van der Waals surface area contributed by atoms with Gasteiger partial charge in [-0.2, -0.15) is 5.26 Å². The quantitative estimate of drug-likeness (QED) is 0.766. The molecule has 0 aliphatic rings. The molecule has 3 rings (SSSR count). The van der Waals surface area contributed by atoms with E-state index < -0.39 is 5.91 Å². The highest BCUT2D eigenvalue weighted by Gasteiger charge is 2.18. The molecule has 7 heteroatoms. The van der Waals surface area contributed by atoms with Gasteiger partial charge >= 0.3 is 0 Å². The molecule has 0 aliphatic heterocycles. The number of primary amides is 1. The van der Waals surface area contributed by atoms with E-state index >= 15 is 0 Å². The number of rotatable bonds is 2. The Morgan fingerprint density at radius 3 is 2.86 bits per heavy atom. The minimum Gasteiger partial charge on any atom is -0.458 e. The Morgan fingerprint density at radius 1 is 1.43 bits per heavy atom. The normalized spacial score (nSPS) is 10.7. The molecule has 3 aromatic heterocycles. The molecule has 3 aromatic rings. The summed E-state index contributed by atoms with van der Waals surface area (Å²) in [6, 6.07) is 5.47. The van der Waals surface area contributed by atoms with Gasteiger partial charge in [-0.25, -0.2) is 9.97 Å². The summed E-state index contributed by atoms with van der Waals surface area (Å²) in [4.78, 5) is 19.7. The number of hydrogen-bond acceptors (Lipinski definition) is 5. The highest BCUT2D eigenvalue weighted by Crippen LogP contribution is 2.27. The van der Waals surface area contributed by atoms with Crippen LogP contribution in [0.3, 0.4) is 0 Å². The molecule has 21 heavy (non-hydrogen) atoms. The molecule has 0 spiro atoms. The third-order valence-electron chi connectivity index (χ3n) is 3.14. The number of aromatic nitrogens is 3. The molecule has 0 atom stereocenters. The summed E-state index contributed by atoms with van der Waals surface area (Å²) in [5, 5.41) is 9.15. The predicted octanol–water partition coefficient (Wildman–Crippen LogP) is 1.58. The molecule has 0 bridgehead atoms. The molecule has 0 saturated carbocycles. The first-order valence-electron chi connectivity index (χ1n) is 6.16. The third kappa shape index (κ3) is 1.94. The molecule has 0 aromatic carbocycles. The van der Waals surface area contributed by atoms with Gasteiger partial charge in [-0.15, -0.1) is 0 Å². The Labute approximate surface area is 119 Å². The number of amides is 1. The zero-order valence-corrected chi connectivity index (χ0v) is 11.4. The van der Waals surface area contributed by atoms with Crippen LogP contribution >= 0.6 is 0 Å². The van der Waals surface area contributed by atoms with E-state index in [1.54, 1.807) is 23.5 Å². The van der Waals surface area contributed by atoms with Crippen LogP contribution in [-0.4, -0.2) is 20.3 Å². The summed E-state index contributed by atoms with van der Waals surface area (Å²) < 4.78 is 7.20. The zero-order chi connectivity index (χ0) is 15.1. The fourth-order valence-electron chi connectivity index (χ4n) is 2.20. The van der Waals surface area contributed by atoms with Crippen LogP contribution in [-0.2, 0) is 0 Å². The molecule has 3 heterocycles. The maximum Gasteiger partial charge on any atom is 0.271 e. The SMILES string of the molecule is Cc1cc(C#N)c(-c2cc(C)n3cnc(C(N)=O)c3n2)o1. The second-order valence-corrected chi connectivity index (χ2v) is 4.65. The molecule has 0 fully saturated rings. The predicted molar refractivity (Wildman–Crippen MR) is 73.4 cm³/mol. The molecule has 0 saturated heterocycles. The Bertz CT molecular complexity index is 913. The summed E-state index contributed by atoms with van der Waals surface area (Å²) in [6.07, 6.45) is 1.49. The van der Waals surface area contributed by atoms with Gasteiger partial charge in [0.05, 0.1) is 0 Å². The van der Waals surface area contributed by atoms with E-state index in [4.69, 9.17) is 15.4 Å². The molecular weight excluding hydrogens is 270 g/mol. The monoisotopic (exact) mass is 281 g/mol. The molecule has 0 aliphatic carbocycles. The minimum absolute atomic E-state index is 0.0849. The van der Waals surface area contributed by atoms with Crippen LogP contribution in [0.1, 0.15) is 27.5 Å². The van der Waals surface area contributed by atoms with Crippen LogP contribution in [0.2, 0.25) is 0 Å². The number of imidazole rings is 1. The van der Waals surface area contributed by atoms with Crippen molar-refractivity contribution in [1.29, 1.82) is 5.26 Å². The van der Waals surface area contributed by atoms with Crippen molar-refractivity contribution in [2.75, 3.05) is 0 Å². The van der Waals surface area contributed by atoms with E-state index in [-0.39, 0.29) is 5.69 Å².